The van der Waals surface area contributed by atoms with Crippen LogP contribution in [-0.4, -0.2) is 5.11 Å². The minimum Gasteiger partial charge on any atom is -0.384 e. The van der Waals surface area contributed by atoms with Crippen LogP contribution in [0, 0.1) is 13.8 Å². The van der Waals surface area contributed by atoms with E-state index in [1.54, 1.807) is 11.3 Å². The fraction of sp³-hybridized carbons (Fsp3) is 0.176. The molecule has 0 spiro atoms. The Morgan fingerprint density at radius 1 is 1.10 bits per heavy atom. The van der Waals surface area contributed by atoms with Gasteiger partial charge in [0, 0.05) is 14.7 Å². The number of hydrogen-bond donors (Lipinski definition) is 1. The number of benzene rings is 2. The molecule has 0 aliphatic heterocycles. The number of aliphatic hydroxyl groups is 1. The molecule has 1 atom stereocenters. The predicted molar refractivity (Wildman–Crippen MR) is 89.5 cm³/mol. The van der Waals surface area contributed by atoms with E-state index < -0.39 is 6.10 Å². The maximum absolute atomic E-state index is 10.8. The van der Waals surface area contributed by atoms with Crippen molar-refractivity contribution in [1.29, 1.82) is 0 Å². The summed E-state index contributed by atoms with van der Waals surface area (Å²) in [4.78, 5) is 0. The lowest BCUT2D eigenvalue weighted by atomic mass is 9.95. The van der Waals surface area contributed by atoms with Gasteiger partial charge in [-0.15, -0.1) is 11.3 Å². The van der Waals surface area contributed by atoms with Crippen LogP contribution in [0.4, 0.5) is 0 Å². The lowest BCUT2D eigenvalue weighted by molar-refractivity contribution is 0.221. The van der Waals surface area contributed by atoms with Crippen LogP contribution in [0.2, 0.25) is 0 Å². The van der Waals surface area contributed by atoms with Crippen LogP contribution in [0.3, 0.4) is 0 Å². The van der Waals surface area contributed by atoms with Crippen molar-refractivity contribution in [2.24, 2.45) is 0 Å². The Labute approximate surface area is 131 Å². The van der Waals surface area contributed by atoms with E-state index in [9.17, 15) is 5.11 Å². The summed E-state index contributed by atoms with van der Waals surface area (Å²) in [5.41, 5.74) is 4.27. The van der Waals surface area contributed by atoms with Gasteiger partial charge in [-0.25, -0.2) is 0 Å². The van der Waals surface area contributed by atoms with Crippen molar-refractivity contribution in [2.75, 3.05) is 0 Å². The number of aryl methyl sites for hydroxylation is 2. The Hall–Kier alpha value is -1.16. The highest BCUT2D eigenvalue weighted by Gasteiger charge is 2.17. The largest absolute Gasteiger partial charge is 0.384 e. The van der Waals surface area contributed by atoms with Gasteiger partial charge in [-0.05, 0) is 57.7 Å². The minimum atomic E-state index is -0.571. The second-order valence-corrected chi connectivity index (χ2v) is 6.80. The molecule has 0 aliphatic rings. The van der Waals surface area contributed by atoms with Crippen molar-refractivity contribution in [3.63, 3.8) is 0 Å². The highest BCUT2D eigenvalue weighted by Crippen LogP contribution is 2.37. The summed E-state index contributed by atoms with van der Waals surface area (Å²) in [6.07, 6.45) is -0.571. The minimum absolute atomic E-state index is 0.571. The Morgan fingerprint density at radius 3 is 2.70 bits per heavy atom. The molecule has 1 nitrogen and oxygen atoms in total. The number of halogens is 1. The lowest BCUT2D eigenvalue weighted by Gasteiger charge is -2.14. The van der Waals surface area contributed by atoms with Crippen LogP contribution >= 0.6 is 27.3 Å². The van der Waals surface area contributed by atoms with E-state index in [-0.39, 0.29) is 0 Å². The first kappa shape index (κ1) is 13.8. The van der Waals surface area contributed by atoms with E-state index in [0.29, 0.717) is 0 Å². The standard InChI is InChI=1S/C17H15BrOS/c1-10-6-7-11(2)13(8-10)16(19)14-9-20-17-12(14)4-3-5-15(17)18/h3-9,16,19H,1-2H3. The normalized spacial score (nSPS) is 12.8. The summed E-state index contributed by atoms with van der Waals surface area (Å²) in [5, 5.41) is 13.9. The van der Waals surface area contributed by atoms with Gasteiger partial charge in [-0.1, -0.05) is 35.9 Å². The molecule has 1 heterocycles. The van der Waals surface area contributed by atoms with Crippen molar-refractivity contribution in [2.45, 2.75) is 20.0 Å². The van der Waals surface area contributed by atoms with E-state index in [1.165, 1.54) is 10.3 Å². The van der Waals surface area contributed by atoms with Crippen molar-refractivity contribution in [1.82, 2.24) is 0 Å². The van der Waals surface area contributed by atoms with Gasteiger partial charge in [0.05, 0.1) is 0 Å². The Morgan fingerprint density at radius 2 is 1.90 bits per heavy atom. The third-order valence-corrected chi connectivity index (χ3v) is 5.58. The molecule has 0 saturated heterocycles. The van der Waals surface area contributed by atoms with Gasteiger partial charge in [0.25, 0.3) is 0 Å². The number of aliphatic hydroxyl groups excluding tert-OH is 1. The smallest absolute Gasteiger partial charge is 0.106 e. The van der Waals surface area contributed by atoms with E-state index in [2.05, 4.69) is 52.5 Å². The number of fused-ring (bicyclic) bond motifs is 1. The first-order valence-corrected chi connectivity index (χ1v) is 8.16. The lowest BCUT2D eigenvalue weighted by Crippen LogP contribution is -2.01. The molecule has 0 amide bonds. The van der Waals surface area contributed by atoms with Crippen LogP contribution < -0.4 is 0 Å². The van der Waals surface area contributed by atoms with Crippen LogP contribution in [0.15, 0.2) is 46.3 Å². The van der Waals surface area contributed by atoms with E-state index in [0.717, 1.165) is 26.5 Å². The first-order valence-electron chi connectivity index (χ1n) is 6.49. The first-order chi connectivity index (χ1) is 9.58. The molecule has 1 aromatic heterocycles. The zero-order valence-electron chi connectivity index (χ0n) is 11.4. The van der Waals surface area contributed by atoms with Crippen molar-refractivity contribution in [3.8, 4) is 0 Å². The summed E-state index contributed by atoms with van der Waals surface area (Å²) in [6.45, 7) is 4.10. The van der Waals surface area contributed by atoms with Gasteiger partial charge in [-0.2, -0.15) is 0 Å². The average Bonchev–Trinajstić information content (AvgIpc) is 2.86. The molecule has 2 aromatic carbocycles. The average molecular weight is 347 g/mol. The summed E-state index contributed by atoms with van der Waals surface area (Å²) < 4.78 is 2.27. The van der Waals surface area contributed by atoms with Crippen LogP contribution in [0.25, 0.3) is 10.1 Å². The van der Waals surface area contributed by atoms with Crippen molar-refractivity contribution in [3.05, 3.63) is 68.5 Å². The fourth-order valence-corrected chi connectivity index (χ4v) is 4.12. The Kier molecular flexibility index (Phi) is 3.67. The maximum atomic E-state index is 10.8. The van der Waals surface area contributed by atoms with Gasteiger partial charge < -0.3 is 5.11 Å². The molecular formula is C17H15BrOS. The summed E-state index contributed by atoms with van der Waals surface area (Å²) in [7, 11) is 0. The Balaban J connectivity index is 2.15. The van der Waals surface area contributed by atoms with E-state index in [4.69, 9.17) is 0 Å². The van der Waals surface area contributed by atoms with Crippen molar-refractivity contribution < 1.29 is 5.11 Å². The molecule has 0 fully saturated rings. The van der Waals surface area contributed by atoms with Gasteiger partial charge in [-0.3, -0.25) is 0 Å². The monoisotopic (exact) mass is 346 g/mol. The quantitative estimate of drug-likeness (QED) is 0.661. The fourth-order valence-electron chi connectivity index (χ4n) is 2.48. The highest BCUT2D eigenvalue weighted by molar-refractivity contribution is 9.10. The van der Waals surface area contributed by atoms with Crippen molar-refractivity contribution >= 4 is 37.4 Å². The molecule has 1 N–H and O–H groups in total. The molecule has 102 valence electrons. The third kappa shape index (κ3) is 2.30. The number of rotatable bonds is 2. The number of hydrogen-bond acceptors (Lipinski definition) is 2. The molecule has 0 aliphatic carbocycles. The Bertz CT molecular complexity index is 776. The third-order valence-electron chi connectivity index (χ3n) is 3.61. The van der Waals surface area contributed by atoms with Crippen LogP contribution in [-0.2, 0) is 0 Å². The predicted octanol–water partition coefficient (Wildman–Crippen LogP) is 5.36. The molecular weight excluding hydrogens is 332 g/mol. The van der Waals surface area contributed by atoms with Gasteiger partial charge >= 0.3 is 0 Å². The SMILES string of the molecule is Cc1ccc(C)c(C(O)c2csc3c(Br)cccc23)c1. The maximum Gasteiger partial charge on any atom is 0.106 e. The summed E-state index contributed by atoms with van der Waals surface area (Å²) >= 11 is 5.24. The second kappa shape index (κ2) is 5.32. The van der Waals surface area contributed by atoms with Gasteiger partial charge in [0.15, 0.2) is 0 Å². The highest BCUT2D eigenvalue weighted by atomic mass is 79.9. The number of thiophene rings is 1. The molecule has 0 radical (unpaired) electrons. The molecule has 1 unspecified atom stereocenters. The van der Waals surface area contributed by atoms with Crippen LogP contribution in [0.1, 0.15) is 28.4 Å². The molecule has 3 aromatic rings. The molecule has 3 heteroatoms. The molecule has 0 saturated carbocycles. The van der Waals surface area contributed by atoms with E-state index in [1.807, 2.05) is 19.1 Å². The summed E-state index contributed by atoms with van der Waals surface area (Å²) in [6, 6.07) is 12.3. The zero-order chi connectivity index (χ0) is 14.3. The second-order valence-electron chi connectivity index (χ2n) is 5.07. The van der Waals surface area contributed by atoms with E-state index >= 15 is 0 Å². The topological polar surface area (TPSA) is 20.2 Å². The molecule has 20 heavy (non-hydrogen) atoms. The molecule has 0 bridgehead atoms. The van der Waals surface area contributed by atoms with Gasteiger partial charge in [0.1, 0.15) is 6.10 Å². The molecule has 3 rings (SSSR count). The van der Waals surface area contributed by atoms with Gasteiger partial charge in [0.2, 0.25) is 0 Å². The van der Waals surface area contributed by atoms with Crippen LogP contribution in [0.5, 0.6) is 0 Å². The zero-order valence-corrected chi connectivity index (χ0v) is 13.8. The summed E-state index contributed by atoms with van der Waals surface area (Å²) in [5.74, 6) is 0.